The molecule has 0 bridgehead atoms. The van der Waals surface area contributed by atoms with Gasteiger partial charge in [-0.1, -0.05) is 36.4 Å². The number of aliphatic hydroxyl groups is 1. The lowest BCUT2D eigenvalue weighted by Gasteiger charge is -2.35. The van der Waals surface area contributed by atoms with Gasteiger partial charge in [-0.05, 0) is 56.9 Å². The Morgan fingerprint density at radius 2 is 1.97 bits per heavy atom. The summed E-state index contributed by atoms with van der Waals surface area (Å²) in [6, 6.07) is 18.1. The van der Waals surface area contributed by atoms with Crippen LogP contribution in [-0.2, 0) is 11.2 Å². The first-order chi connectivity index (χ1) is 13.9. The minimum absolute atomic E-state index is 0.0403. The zero-order valence-corrected chi connectivity index (χ0v) is 17.5. The van der Waals surface area contributed by atoms with Crippen molar-refractivity contribution in [2.24, 2.45) is 0 Å². The van der Waals surface area contributed by atoms with E-state index in [4.69, 9.17) is 14.6 Å². The lowest BCUT2D eigenvalue weighted by molar-refractivity contribution is -0.0398. The molecule has 0 spiro atoms. The summed E-state index contributed by atoms with van der Waals surface area (Å²) in [6.45, 7) is 7.86. The van der Waals surface area contributed by atoms with Crippen molar-refractivity contribution in [3.8, 4) is 11.8 Å². The van der Waals surface area contributed by atoms with Crippen LogP contribution in [0.25, 0.3) is 0 Å². The molecule has 1 fully saturated rings. The number of rotatable bonds is 7. The molecule has 2 atom stereocenters. The van der Waals surface area contributed by atoms with E-state index in [1.165, 1.54) is 0 Å². The number of ether oxygens (including phenoxy) is 2. The van der Waals surface area contributed by atoms with Crippen LogP contribution in [0.5, 0.6) is 5.75 Å². The Morgan fingerprint density at radius 1 is 1.21 bits per heavy atom. The predicted molar refractivity (Wildman–Crippen MR) is 113 cm³/mol. The van der Waals surface area contributed by atoms with E-state index in [9.17, 15) is 5.26 Å². The normalized spacial score (nSPS) is 19.8. The highest BCUT2D eigenvalue weighted by molar-refractivity contribution is 5.45. The van der Waals surface area contributed by atoms with Gasteiger partial charge in [0.05, 0.1) is 5.56 Å². The monoisotopic (exact) mass is 394 g/mol. The molecule has 0 saturated carbocycles. The van der Waals surface area contributed by atoms with Crippen molar-refractivity contribution in [2.75, 3.05) is 19.8 Å². The molecule has 154 valence electrons. The van der Waals surface area contributed by atoms with Crippen LogP contribution in [0.3, 0.4) is 0 Å². The number of aliphatic hydroxyl groups excluding tert-OH is 1. The molecule has 2 aromatic rings. The number of nitriles is 1. The van der Waals surface area contributed by atoms with Crippen molar-refractivity contribution in [2.45, 2.75) is 51.5 Å². The number of benzene rings is 2. The Hall–Kier alpha value is -2.39. The quantitative estimate of drug-likeness (QED) is 0.767. The molecule has 2 aromatic carbocycles. The van der Waals surface area contributed by atoms with Crippen LogP contribution in [0.15, 0.2) is 48.5 Å². The van der Waals surface area contributed by atoms with E-state index in [0.717, 1.165) is 24.1 Å². The Labute approximate surface area is 173 Å². The van der Waals surface area contributed by atoms with Gasteiger partial charge in [-0.15, -0.1) is 0 Å². The van der Waals surface area contributed by atoms with E-state index >= 15 is 0 Å². The maximum absolute atomic E-state index is 9.48. The van der Waals surface area contributed by atoms with Gasteiger partial charge in [0, 0.05) is 18.7 Å². The van der Waals surface area contributed by atoms with Gasteiger partial charge in [0.15, 0.2) is 0 Å². The zero-order valence-electron chi connectivity index (χ0n) is 17.5. The maximum Gasteiger partial charge on any atom is 0.137 e. The summed E-state index contributed by atoms with van der Waals surface area (Å²) in [5, 5.41) is 18.5. The van der Waals surface area contributed by atoms with E-state index in [-0.39, 0.29) is 24.5 Å². The van der Waals surface area contributed by atoms with Gasteiger partial charge in [-0.2, -0.15) is 5.26 Å². The van der Waals surface area contributed by atoms with E-state index < -0.39 is 0 Å². The van der Waals surface area contributed by atoms with Gasteiger partial charge in [0.1, 0.15) is 30.8 Å². The largest absolute Gasteiger partial charge is 0.489 e. The minimum Gasteiger partial charge on any atom is -0.489 e. The summed E-state index contributed by atoms with van der Waals surface area (Å²) < 4.78 is 12.3. The van der Waals surface area contributed by atoms with Gasteiger partial charge >= 0.3 is 0 Å². The van der Waals surface area contributed by atoms with Crippen LogP contribution in [0, 0.1) is 11.3 Å². The van der Waals surface area contributed by atoms with E-state index in [0.29, 0.717) is 24.3 Å². The fourth-order valence-electron chi connectivity index (χ4n) is 3.62. The summed E-state index contributed by atoms with van der Waals surface area (Å²) in [4.78, 5) is 2.35. The van der Waals surface area contributed by atoms with Crippen LogP contribution < -0.4 is 4.74 Å². The SMILES string of the molecule is CC(C)(C)N1CC(COc2ccc(CCCO)cc2C#N)OC1c1ccccc1. The Kier molecular flexibility index (Phi) is 6.92. The fraction of sp³-hybridized carbons (Fsp3) is 0.458. The molecule has 0 amide bonds. The molecule has 0 radical (unpaired) electrons. The Balaban J connectivity index is 1.69. The molecule has 1 aliphatic rings. The Bertz CT molecular complexity index is 839. The van der Waals surface area contributed by atoms with Gasteiger partial charge in [-0.3, -0.25) is 4.90 Å². The van der Waals surface area contributed by atoms with Crippen molar-refractivity contribution in [3.05, 3.63) is 65.2 Å². The third-order valence-corrected chi connectivity index (χ3v) is 5.16. The van der Waals surface area contributed by atoms with Gasteiger partial charge in [0.25, 0.3) is 0 Å². The molecule has 1 N–H and O–H groups in total. The molecular weight excluding hydrogens is 364 g/mol. The average molecular weight is 395 g/mol. The molecule has 1 aliphatic heterocycles. The molecule has 29 heavy (non-hydrogen) atoms. The summed E-state index contributed by atoms with van der Waals surface area (Å²) in [6.07, 6.45) is 1.24. The first kappa shape index (κ1) is 21.3. The molecular formula is C24H30N2O3. The molecule has 5 heteroatoms. The van der Waals surface area contributed by atoms with Crippen molar-refractivity contribution in [1.82, 2.24) is 4.90 Å². The molecule has 1 heterocycles. The van der Waals surface area contributed by atoms with Gasteiger partial charge < -0.3 is 14.6 Å². The van der Waals surface area contributed by atoms with Crippen molar-refractivity contribution in [3.63, 3.8) is 0 Å². The highest BCUT2D eigenvalue weighted by Gasteiger charge is 2.40. The number of hydrogen-bond acceptors (Lipinski definition) is 5. The smallest absolute Gasteiger partial charge is 0.137 e. The van der Waals surface area contributed by atoms with Crippen molar-refractivity contribution < 1.29 is 14.6 Å². The summed E-state index contributed by atoms with van der Waals surface area (Å²) >= 11 is 0. The maximum atomic E-state index is 9.48. The van der Waals surface area contributed by atoms with Crippen LogP contribution in [0.2, 0.25) is 0 Å². The first-order valence-corrected chi connectivity index (χ1v) is 10.2. The fourth-order valence-corrected chi connectivity index (χ4v) is 3.62. The predicted octanol–water partition coefficient (Wildman–Crippen LogP) is 4.06. The second-order valence-corrected chi connectivity index (χ2v) is 8.42. The van der Waals surface area contributed by atoms with Crippen molar-refractivity contribution in [1.29, 1.82) is 5.26 Å². The second kappa shape index (κ2) is 9.41. The van der Waals surface area contributed by atoms with Crippen LogP contribution >= 0.6 is 0 Å². The topological polar surface area (TPSA) is 65.7 Å². The van der Waals surface area contributed by atoms with E-state index in [2.05, 4.69) is 43.9 Å². The van der Waals surface area contributed by atoms with Gasteiger partial charge in [0.2, 0.25) is 0 Å². The molecule has 1 saturated heterocycles. The van der Waals surface area contributed by atoms with Crippen LogP contribution in [-0.4, -0.2) is 41.4 Å². The number of aryl methyl sites for hydroxylation is 1. The Morgan fingerprint density at radius 3 is 2.62 bits per heavy atom. The number of nitrogens with zero attached hydrogens (tertiary/aromatic N) is 2. The molecule has 0 aliphatic carbocycles. The highest BCUT2D eigenvalue weighted by atomic mass is 16.6. The van der Waals surface area contributed by atoms with Gasteiger partial charge in [-0.25, -0.2) is 0 Å². The molecule has 5 nitrogen and oxygen atoms in total. The van der Waals surface area contributed by atoms with Crippen LogP contribution in [0.1, 0.15) is 50.1 Å². The minimum atomic E-state index is -0.110. The molecule has 3 rings (SSSR count). The standard InChI is InChI=1S/C24H30N2O3/c1-24(2,3)26-16-21(29-23(26)19-9-5-4-6-10-19)17-28-22-12-11-18(8-7-13-27)14-20(22)15-25/h4-6,9-12,14,21,23,27H,7-8,13,16-17H2,1-3H3. The zero-order chi connectivity index (χ0) is 20.9. The van der Waals surface area contributed by atoms with E-state index in [1.807, 2.05) is 36.4 Å². The van der Waals surface area contributed by atoms with E-state index in [1.54, 1.807) is 0 Å². The lowest BCUT2D eigenvalue weighted by Crippen LogP contribution is -2.42. The number of hydrogen-bond donors (Lipinski definition) is 1. The van der Waals surface area contributed by atoms with Crippen LogP contribution in [0.4, 0.5) is 0 Å². The summed E-state index contributed by atoms with van der Waals surface area (Å²) in [5.74, 6) is 0.578. The first-order valence-electron chi connectivity index (χ1n) is 10.2. The third kappa shape index (κ3) is 5.36. The molecule has 0 aromatic heterocycles. The average Bonchev–Trinajstić information content (AvgIpc) is 3.16. The molecule has 2 unspecified atom stereocenters. The second-order valence-electron chi connectivity index (χ2n) is 8.42. The third-order valence-electron chi connectivity index (χ3n) is 5.16. The lowest BCUT2D eigenvalue weighted by atomic mass is 10.0. The summed E-state index contributed by atoms with van der Waals surface area (Å²) in [5.41, 5.74) is 2.64. The van der Waals surface area contributed by atoms with Crippen molar-refractivity contribution >= 4 is 0 Å². The summed E-state index contributed by atoms with van der Waals surface area (Å²) in [7, 11) is 0. The highest BCUT2D eigenvalue weighted by Crippen LogP contribution is 2.36.